The Morgan fingerprint density at radius 1 is 1.23 bits per heavy atom. The van der Waals surface area contributed by atoms with Crippen molar-refractivity contribution in [2.45, 2.75) is 32.0 Å². The van der Waals surface area contributed by atoms with E-state index in [1.807, 2.05) is 31.2 Å². The van der Waals surface area contributed by atoms with Crippen molar-refractivity contribution in [3.8, 4) is 0 Å². The van der Waals surface area contributed by atoms with Gasteiger partial charge >= 0.3 is 0 Å². The molecule has 8 heteroatoms. The van der Waals surface area contributed by atoms with E-state index in [0.717, 1.165) is 30.7 Å². The van der Waals surface area contributed by atoms with Crippen LogP contribution in [-0.4, -0.2) is 35.7 Å². The van der Waals surface area contributed by atoms with Crippen LogP contribution in [0.1, 0.15) is 25.8 Å². The van der Waals surface area contributed by atoms with Gasteiger partial charge in [0, 0.05) is 24.4 Å². The van der Waals surface area contributed by atoms with Gasteiger partial charge in [-0.2, -0.15) is 0 Å². The first-order chi connectivity index (χ1) is 12.6. The second kappa shape index (κ2) is 10.2. The maximum atomic E-state index is 11.8. The van der Waals surface area contributed by atoms with Gasteiger partial charge in [0.05, 0.1) is 6.54 Å². The SMILES string of the molecule is CCCSc1nc(NCC)c(NC)c(N(C=O)Cc2ccc(Cl)cc2)n1. The monoisotopic (exact) mass is 393 g/mol. The molecule has 26 heavy (non-hydrogen) atoms. The molecule has 0 aliphatic rings. The number of aromatic nitrogens is 2. The highest BCUT2D eigenvalue weighted by atomic mass is 35.5. The van der Waals surface area contributed by atoms with Crippen molar-refractivity contribution in [2.75, 3.05) is 34.9 Å². The lowest BCUT2D eigenvalue weighted by molar-refractivity contribution is -0.107. The van der Waals surface area contributed by atoms with Crippen LogP contribution in [0.3, 0.4) is 0 Å². The molecule has 1 heterocycles. The van der Waals surface area contributed by atoms with Crippen molar-refractivity contribution >= 4 is 47.1 Å². The number of amides is 1. The standard InChI is InChI=1S/C18H24ClN5OS/c1-4-10-26-18-22-16(21-5-2)15(20-3)17(23-18)24(12-25)11-13-6-8-14(19)9-7-13/h6-9,12,20H,4-5,10-11H2,1-3H3,(H,21,22,23). The molecule has 1 amide bonds. The van der Waals surface area contributed by atoms with E-state index in [9.17, 15) is 4.79 Å². The smallest absolute Gasteiger partial charge is 0.215 e. The first-order valence-electron chi connectivity index (χ1n) is 8.55. The molecule has 0 aliphatic heterocycles. The number of halogens is 1. The first kappa shape index (κ1) is 20.3. The molecule has 2 N–H and O–H groups in total. The normalized spacial score (nSPS) is 10.5. The van der Waals surface area contributed by atoms with E-state index < -0.39 is 0 Å². The summed E-state index contributed by atoms with van der Waals surface area (Å²) < 4.78 is 0. The number of hydrogen-bond acceptors (Lipinski definition) is 6. The van der Waals surface area contributed by atoms with E-state index in [0.29, 0.717) is 34.0 Å². The molecule has 1 aromatic heterocycles. The summed E-state index contributed by atoms with van der Waals surface area (Å²) in [7, 11) is 1.80. The summed E-state index contributed by atoms with van der Waals surface area (Å²) in [5, 5.41) is 7.69. The second-order valence-corrected chi connectivity index (χ2v) is 7.04. The highest BCUT2D eigenvalue weighted by Gasteiger charge is 2.19. The van der Waals surface area contributed by atoms with Gasteiger partial charge in [0.25, 0.3) is 0 Å². The molecular weight excluding hydrogens is 370 g/mol. The van der Waals surface area contributed by atoms with E-state index in [4.69, 9.17) is 11.6 Å². The number of nitrogens with zero attached hydrogens (tertiary/aromatic N) is 3. The van der Waals surface area contributed by atoms with Crippen molar-refractivity contribution < 1.29 is 4.79 Å². The Labute approximate surface area is 163 Å². The zero-order valence-corrected chi connectivity index (χ0v) is 16.8. The minimum absolute atomic E-state index is 0.399. The lowest BCUT2D eigenvalue weighted by Crippen LogP contribution is -2.24. The lowest BCUT2D eigenvalue weighted by Gasteiger charge is -2.22. The van der Waals surface area contributed by atoms with Gasteiger partial charge in [0.1, 0.15) is 5.69 Å². The maximum absolute atomic E-state index is 11.8. The zero-order chi connectivity index (χ0) is 18.9. The summed E-state index contributed by atoms with van der Waals surface area (Å²) in [6, 6.07) is 7.42. The number of rotatable bonds is 10. The third-order valence-corrected chi connectivity index (χ3v) is 4.87. The molecule has 0 saturated heterocycles. The molecule has 6 nitrogen and oxygen atoms in total. The Bertz CT molecular complexity index is 726. The Hall–Kier alpha value is -1.99. The van der Waals surface area contributed by atoms with Gasteiger partial charge in [-0.1, -0.05) is 42.4 Å². The van der Waals surface area contributed by atoms with E-state index in [1.54, 1.807) is 23.7 Å². The van der Waals surface area contributed by atoms with Gasteiger partial charge in [-0.25, -0.2) is 9.97 Å². The van der Waals surface area contributed by atoms with Crippen LogP contribution in [0.25, 0.3) is 0 Å². The van der Waals surface area contributed by atoms with Gasteiger partial charge in [-0.15, -0.1) is 0 Å². The average Bonchev–Trinajstić information content (AvgIpc) is 2.65. The van der Waals surface area contributed by atoms with Gasteiger partial charge < -0.3 is 10.6 Å². The number of carbonyl (C=O) groups is 1. The highest BCUT2D eigenvalue weighted by Crippen LogP contribution is 2.33. The van der Waals surface area contributed by atoms with Crippen LogP contribution >= 0.6 is 23.4 Å². The minimum atomic E-state index is 0.399. The van der Waals surface area contributed by atoms with Gasteiger partial charge in [0.2, 0.25) is 6.41 Å². The molecule has 2 rings (SSSR count). The van der Waals surface area contributed by atoms with Crippen LogP contribution in [0.5, 0.6) is 0 Å². The Morgan fingerprint density at radius 2 is 1.96 bits per heavy atom. The summed E-state index contributed by atoms with van der Waals surface area (Å²) in [4.78, 5) is 22.6. The number of carbonyl (C=O) groups excluding carboxylic acids is 1. The van der Waals surface area contributed by atoms with Gasteiger partial charge in [0.15, 0.2) is 16.8 Å². The molecule has 1 aromatic carbocycles. The quantitative estimate of drug-likeness (QED) is 0.357. The highest BCUT2D eigenvalue weighted by molar-refractivity contribution is 7.99. The minimum Gasteiger partial charge on any atom is -0.382 e. The van der Waals surface area contributed by atoms with Crippen molar-refractivity contribution in [1.82, 2.24) is 9.97 Å². The largest absolute Gasteiger partial charge is 0.382 e. The maximum Gasteiger partial charge on any atom is 0.215 e. The predicted octanol–water partition coefficient (Wildman–Crippen LogP) is 4.27. The zero-order valence-electron chi connectivity index (χ0n) is 15.3. The van der Waals surface area contributed by atoms with Crippen molar-refractivity contribution in [3.63, 3.8) is 0 Å². The van der Waals surface area contributed by atoms with Crippen LogP contribution in [-0.2, 0) is 11.3 Å². The molecule has 2 aromatic rings. The fraction of sp³-hybridized carbons (Fsp3) is 0.389. The van der Waals surface area contributed by atoms with Crippen LogP contribution in [0.4, 0.5) is 17.3 Å². The number of nitrogens with one attached hydrogen (secondary N) is 2. The van der Waals surface area contributed by atoms with E-state index in [1.165, 1.54) is 0 Å². The Kier molecular flexibility index (Phi) is 8.00. The number of benzene rings is 1. The predicted molar refractivity (Wildman–Crippen MR) is 110 cm³/mol. The molecular formula is C18H24ClN5OS. The Balaban J connectivity index is 2.42. The van der Waals surface area contributed by atoms with Crippen molar-refractivity contribution in [3.05, 3.63) is 34.9 Å². The third-order valence-electron chi connectivity index (χ3n) is 3.56. The molecule has 0 bridgehead atoms. The summed E-state index contributed by atoms with van der Waals surface area (Å²) in [6.07, 6.45) is 1.82. The first-order valence-corrected chi connectivity index (χ1v) is 9.92. The molecule has 140 valence electrons. The Morgan fingerprint density at radius 3 is 2.54 bits per heavy atom. The number of hydrogen-bond donors (Lipinski definition) is 2. The number of anilines is 3. The average molecular weight is 394 g/mol. The van der Waals surface area contributed by atoms with Crippen molar-refractivity contribution in [2.24, 2.45) is 0 Å². The summed E-state index contributed by atoms with van der Waals surface area (Å²) in [6.45, 7) is 5.24. The number of thioether (sulfide) groups is 1. The molecule has 0 radical (unpaired) electrons. The fourth-order valence-corrected chi connectivity index (χ4v) is 3.19. The van der Waals surface area contributed by atoms with E-state index >= 15 is 0 Å². The molecule has 0 unspecified atom stereocenters. The molecule has 0 aliphatic carbocycles. The third kappa shape index (κ3) is 5.25. The molecule has 0 fully saturated rings. The summed E-state index contributed by atoms with van der Waals surface area (Å²) in [5.41, 5.74) is 1.67. The van der Waals surface area contributed by atoms with Crippen LogP contribution < -0.4 is 15.5 Å². The van der Waals surface area contributed by atoms with Crippen LogP contribution in [0, 0.1) is 0 Å². The van der Waals surface area contributed by atoms with E-state index in [2.05, 4.69) is 27.5 Å². The molecule has 0 atom stereocenters. The lowest BCUT2D eigenvalue weighted by atomic mass is 10.2. The van der Waals surface area contributed by atoms with Gasteiger partial charge in [-0.05, 0) is 31.0 Å². The molecule has 0 saturated carbocycles. The van der Waals surface area contributed by atoms with Crippen LogP contribution in [0.2, 0.25) is 5.02 Å². The fourth-order valence-electron chi connectivity index (χ4n) is 2.37. The van der Waals surface area contributed by atoms with Gasteiger partial charge in [-0.3, -0.25) is 9.69 Å². The second-order valence-electron chi connectivity index (χ2n) is 5.54. The molecule has 0 spiro atoms. The van der Waals surface area contributed by atoms with Crippen LogP contribution in [0.15, 0.2) is 29.4 Å². The summed E-state index contributed by atoms with van der Waals surface area (Å²) >= 11 is 7.53. The van der Waals surface area contributed by atoms with E-state index in [-0.39, 0.29) is 0 Å². The topological polar surface area (TPSA) is 70.2 Å². The summed E-state index contributed by atoms with van der Waals surface area (Å²) in [5.74, 6) is 2.17. The van der Waals surface area contributed by atoms with Crippen molar-refractivity contribution in [1.29, 1.82) is 0 Å².